The molecule has 0 amide bonds. The van der Waals surface area contributed by atoms with Crippen LogP contribution in [0.2, 0.25) is 0 Å². The third kappa shape index (κ3) is 50.2. The number of rotatable bonds is 49. The summed E-state index contributed by atoms with van der Waals surface area (Å²) in [5.41, 5.74) is 0. The first-order valence-electron chi connectivity index (χ1n) is 27.1. The van der Waals surface area contributed by atoms with E-state index in [0.717, 1.165) is 96.3 Å². The second kappa shape index (κ2) is 52.0. The molecule has 0 fully saturated rings. The van der Waals surface area contributed by atoms with Gasteiger partial charge in [-0.1, -0.05) is 211 Å². The van der Waals surface area contributed by atoms with Crippen molar-refractivity contribution in [3.63, 3.8) is 0 Å². The molecule has 0 aromatic rings. The third-order valence-corrected chi connectivity index (χ3v) is 11.8. The van der Waals surface area contributed by atoms with Crippen molar-refractivity contribution in [3.8, 4) is 0 Å². The molecule has 366 valence electrons. The maximum atomic E-state index is 12.8. The molecular formula is C57H102O6. The predicted octanol–water partition coefficient (Wildman–Crippen LogP) is 17.9. The van der Waals surface area contributed by atoms with Crippen LogP contribution in [0.5, 0.6) is 0 Å². The van der Waals surface area contributed by atoms with Gasteiger partial charge in [-0.05, 0) is 96.3 Å². The first-order valence-corrected chi connectivity index (χ1v) is 27.1. The van der Waals surface area contributed by atoms with Crippen molar-refractivity contribution in [2.45, 2.75) is 284 Å². The lowest BCUT2D eigenvalue weighted by atomic mass is 10.1. The van der Waals surface area contributed by atoms with Gasteiger partial charge in [0.15, 0.2) is 6.10 Å². The Morgan fingerprint density at radius 2 is 0.587 bits per heavy atom. The second-order valence-corrected chi connectivity index (χ2v) is 18.1. The van der Waals surface area contributed by atoms with E-state index >= 15 is 0 Å². The van der Waals surface area contributed by atoms with Crippen LogP contribution < -0.4 is 0 Å². The number of carbonyl (C=O) groups is 3. The fourth-order valence-electron chi connectivity index (χ4n) is 7.62. The Morgan fingerprint density at radius 1 is 0.317 bits per heavy atom. The zero-order valence-electron chi connectivity index (χ0n) is 41.8. The number of allylic oxidation sites excluding steroid dienone is 8. The van der Waals surface area contributed by atoms with E-state index in [1.807, 2.05) is 0 Å². The molecule has 0 heterocycles. The summed E-state index contributed by atoms with van der Waals surface area (Å²) >= 11 is 0. The Hall–Kier alpha value is -2.63. The van der Waals surface area contributed by atoms with Crippen molar-refractivity contribution in [2.24, 2.45) is 0 Å². The van der Waals surface area contributed by atoms with Gasteiger partial charge in [-0.25, -0.2) is 0 Å². The highest BCUT2D eigenvalue weighted by Crippen LogP contribution is 2.15. The fourth-order valence-corrected chi connectivity index (χ4v) is 7.62. The molecule has 0 radical (unpaired) electrons. The lowest BCUT2D eigenvalue weighted by molar-refractivity contribution is -0.167. The summed E-state index contributed by atoms with van der Waals surface area (Å²) in [7, 11) is 0. The monoisotopic (exact) mass is 883 g/mol. The molecule has 1 unspecified atom stereocenters. The molecule has 0 N–H and O–H groups in total. The molecule has 0 saturated heterocycles. The maximum absolute atomic E-state index is 12.8. The molecule has 0 spiro atoms. The van der Waals surface area contributed by atoms with Crippen molar-refractivity contribution >= 4 is 17.9 Å². The largest absolute Gasteiger partial charge is 0.462 e. The third-order valence-electron chi connectivity index (χ3n) is 11.8. The molecule has 6 heteroatoms. The molecule has 6 nitrogen and oxygen atoms in total. The van der Waals surface area contributed by atoms with E-state index in [4.69, 9.17) is 14.2 Å². The van der Waals surface area contributed by atoms with Crippen LogP contribution in [0.4, 0.5) is 0 Å². The van der Waals surface area contributed by atoms with Gasteiger partial charge in [-0.2, -0.15) is 0 Å². The van der Waals surface area contributed by atoms with E-state index in [-0.39, 0.29) is 31.1 Å². The van der Waals surface area contributed by atoms with Crippen molar-refractivity contribution in [2.75, 3.05) is 13.2 Å². The van der Waals surface area contributed by atoms with E-state index in [2.05, 4.69) is 69.4 Å². The Bertz CT molecular complexity index is 1110. The maximum Gasteiger partial charge on any atom is 0.306 e. The molecule has 0 aliphatic heterocycles. The molecule has 0 aliphatic rings. The van der Waals surface area contributed by atoms with Gasteiger partial charge in [0.05, 0.1) is 0 Å². The number of carbonyl (C=O) groups excluding carboxylic acids is 3. The summed E-state index contributed by atoms with van der Waals surface area (Å²) in [5.74, 6) is -0.905. The Kier molecular flexibility index (Phi) is 49.8. The Labute approximate surface area is 390 Å². The Morgan fingerprint density at radius 3 is 0.968 bits per heavy atom. The quantitative estimate of drug-likeness (QED) is 0.0262. The number of hydrogen-bond acceptors (Lipinski definition) is 6. The minimum atomic E-state index is -0.783. The summed E-state index contributed by atoms with van der Waals surface area (Å²) in [4.78, 5) is 38.0. The van der Waals surface area contributed by atoms with Crippen LogP contribution in [-0.4, -0.2) is 37.2 Å². The van der Waals surface area contributed by atoms with Gasteiger partial charge < -0.3 is 14.2 Å². The molecule has 0 aromatic heterocycles. The van der Waals surface area contributed by atoms with Crippen molar-refractivity contribution < 1.29 is 28.6 Å². The second-order valence-electron chi connectivity index (χ2n) is 18.1. The standard InChI is InChI=1S/C57H102O6/c1-4-7-10-13-16-19-22-24-26-28-30-31-33-35-38-41-44-47-50-56(59)62-53-54(52-61-55(58)49-46-43-40-37-21-18-15-12-9-6-3)63-57(60)51-48-45-42-39-36-34-32-29-27-25-23-20-17-14-11-8-5-2/h15,17-18,20,25,27,30-31,54H,4-14,16,19,21-24,26,28-29,32-53H2,1-3H3/b18-15-,20-17-,27-25-,31-30-. The average molecular weight is 883 g/mol. The molecule has 0 bridgehead atoms. The van der Waals surface area contributed by atoms with Crippen LogP contribution in [-0.2, 0) is 28.6 Å². The lowest BCUT2D eigenvalue weighted by Gasteiger charge is -2.18. The topological polar surface area (TPSA) is 78.9 Å². The number of ether oxygens (including phenoxy) is 3. The Balaban J connectivity index is 4.34. The van der Waals surface area contributed by atoms with Gasteiger partial charge in [0.1, 0.15) is 13.2 Å². The molecular weight excluding hydrogens is 781 g/mol. The van der Waals surface area contributed by atoms with Crippen LogP contribution in [0.15, 0.2) is 48.6 Å². The molecule has 0 aromatic carbocycles. The molecule has 0 rings (SSSR count). The highest BCUT2D eigenvalue weighted by atomic mass is 16.6. The smallest absolute Gasteiger partial charge is 0.306 e. The van der Waals surface area contributed by atoms with Gasteiger partial charge in [0.25, 0.3) is 0 Å². The van der Waals surface area contributed by atoms with Gasteiger partial charge >= 0.3 is 17.9 Å². The summed E-state index contributed by atoms with van der Waals surface area (Å²) in [6.45, 7) is 6.56. The van der Waals surface area contributed by atoms with Crippen molar-refractivity contribution in [1.29, 1.82) is 0 Å². The lowest BCUT2D eigenvalue weighted by Crippen LogP contribution is -2.30. The van der Waals surface area contributed by atoms with Crippen molar-refractivity contribution in [3.05, 3.63) is 48.6 Å². The van der Waals surface area contributed by atoms with Gasteiger partial charge in [0, 0.05) is 19.3 Å². The normalized spacial score (nSPS) is 12.4. The zero-order valence-corrected chi connectivity index (χ0v) is 41.8. The minimum Gasteiger partial charge on any atom is -0.462 e. The molecule has 1 atom stereocenters. The first kappa shape index (κ1) is 60.4. The summed E-state index contributed by atoms with van der Waals surface area (Å²) in [5, 5.41) is 0. The SMILES string of the molecule is CCCC/C=C\CCCCCCC(=O)OCC(COC(=O)CCCCCCC/C=C\CCCCCCCCCCC)OC(=O)CCCCCCCCC/C=C\C/C=C\CCCCC. The van der Waals surface area contributed by atoms with E-state index in [1.54, 1.807) is 0 Å². The van der Waals surface area contributed by atoms with Gasteiger partial charge in [-0.3, -0.25) is 14.4 Å². The molecule has 0 saturated carbocycles. The van der Waals surface area contributed by atoms with E-state index in [9.17, 15) is 14.4 Å². The number of unbranched alkanes of at least 4 members (excludes halogenated alkanes) is 30. The summed E-state index contributed by atoms with van der Waals surface area (Å²) in [6, 6.07) is 0. The van der Waals surface area contributed by atoms with Crippen LogP contribution in [0.25, 0.3) is 0 Å². The zero-order chi connectivity index (χ0) is 45.8. The highest BCUT2D eigenvalue weighted by Gasteiger charge is 2.19. The predicted molar refractivity (Wildman–Crippen MR) is 270 cm³/mol. The van der Waals surface area contributed by atoms with E-state index < -0.39 is 6.10 Å². The van der Waals surface area contributed by atoms with Gasteiger partial charge in [0.2, 0.25) is 0 Å². The first-order chi connectivity index (χ1) is 31.0. The van der Waals surface area contributed by atoms with E-state index in [1.165, 1.54) is 141 Å². The van der Waals surface area contributed by atoms with E-state index in [0.29, 0.717) is 19.3 Å². The molecule has 0 aliphatic carbocycles. The summed E-state index contributed by atoms with van der Waals surface area (Å²) < 4.78 is 16.8. The van der Waals surface area contributed by atoms with Crippen LogP contribution in [0.1, 0.15) is 278 Å². The molecule has 63 heavy (non-hydrogen) atoms. The van der Waals surface area contributed by atoms with Crippen LogP contribution >= 0.6 is 0 Å². The van der Waals surface area contributed by atoms with Crippen LogP contribution in [0, 0.1) is 0 Å². The van der Waals surface area contributed by atoms with Gasteiger partial charge in [-0.15, -0.1) is 0 Å². The van der Waals surface area contributed by atoms with Crippen molar-refractivity contribution in [1.82, 2.24) is 0 Å². The van der Waals surface area contributed by atoms with Crippen LogP contribution in [0.3, 0.4) is 0 Å². The average Bonchev–Trinajstić information content (AvgIpc) is 3.28. The minimum absolute atomic E-state index is 0.0834. The number of esters is 3. The fraction of sp³-hybridized carbons (Fsp3) is 0.807. The summed E-state index contributed by atoms with van der Waals surface area (Å²) in [6.07, 6.45) is 62.4. The highest BCUT2D eigenvalue weighted by molar-refractivity contribution is 5.71. The number of hydrogen-bond donors (Lipinski definition) is 0.